The van der Waals surface area contributed by atoms with E-state index in [9.17, 15) is 0 Å². The summed E-state index contributed by atoms with van der Waals surface area (Å²) >= 11 is 1.75. The molecule has 0 fully saturated rings. The topological polar surface area (TPSA) is 0 Å². The first-order chi connectivity index (χ1) is 5.13. The van der Waals surface area contributed by atoms with Crippen LogP contribution in [0.2, 0.25) is 0 Å². The molecule has 13 heavy (non-hydrogen) atoms. The summed E-state index contributed by atoms with van der Waals surface area (Å²) in [5, 5.41) is 0. The van der Waals surface area contributed by atoms with E-state index in [4.69, 9.17) is 0 Å². The fourth-order valence-corrected chi connectivity index (χ4v) is 1.16. The van der Waals surface area contributed by atoms with E-state index in [2.05, 4.69) is 38.6 Å². The molecule has 0 radical (unpaired) electrons. The van der Waals surface area contributed by atoms with Crippen LogP contribution in [0.15, 0.2) is 16.7 Å². The zero-order valence-electron chi connectivity index (χ0n) is 8.54. The first-order valence-electron chi connectivity index (χ1n) is 3.76. The molecule has 0 nitrogen and oxygen atoms in total. The second kappa shape index (κ2) is 9.21. The molecule has 0 heterocycles. The second-order valence-electron chi connectivity index (χ2n) is 2.80. The van der Waals surface area contributed by atoms with Gasteiger partial charge in [0.25, 0.3) is 0 Å². The van der Waals surface area contributed by atoms with Crippen molar-refractivity contribution in [3.63, 3.8) is 0 Å². The van der Waals surface area contributed by atoms with Crippen LogP contribution in [0.3, 0.4) is 0 Å². The van der Waals surface area contributed by atoms with Crippen molar-refractivity contribution in [1.29, 1.82) is 0 Å². The minimum atomic E-state index is 0. The van der Waals surface area contributed by atoms with Crippen LogP contribution >= 0.6 is 0 Å². The molecule has 0 saturated heterocycles. The third-order valence-corrected chi connectivity index (χ3v) is 2.24. The molecule has 0 aromatic rings. The maximum Gasteiger partial charge on any atom is -1.00 e. The summed E-state index contributed by atoms with van der Waals surface area (Å²) < 4.78 is 0. The molecule has 0 saturated carbocycles. The van der Waals surface area contributed by atoms with Gasteiger partial charge in [0.15, 0.2) is 0 Å². The van der Waals surface area contributed by atoms with Crippen LogP contribution in [-0.4, -0.2) is 4.82 Å². The van der Waals surface area contributed by atoms with Gasteiger partial charge < -0.3 is 24.8 Å². The number of allylic oxidation sites excluding steroid dienone is 4. The molecule has 0 aromatic heterocycles. The summed E-state index contributed by atoms with van der Waals surface area (Å²) in [6, 6.07) is 0. The molecular formula is C10H15Cl2Ti-. The Morgan fingerprint density at radius 1 is 1.15 bits per heavy atom. The van der Waals surface area contributed by atoms with E-state index in [1.165, 1.54) is 16.7 Å². The molecule has 3 heteroatoms. The zero-order valence-corrected chi connectivity index (χ0v) is 11.6. The largest absolute Gasteiger partial charge is 1.00 e. The minimum absolute atomic E-state index is 0. The molecule has 1 rings (SSSR count). The van der Waals surface area contributed by atoms with Gasteiger partial charge in [0.2, 0.25) is 0 Å². The molecule has 1 atom stereocenters. The fourth-order valence-electron chi connectivity index (χ4n) is 1.16. The second-order valence-corrected chi connectivity index (χ2v) is 2.80. The molecule has 0 bridgehead atoms. The van der Waals surface area contributed by atoms with Gasteiger partial charge in [-0.1, -0.05) is 26.7 Å². The predicted octanol–water partition coefficient (Wildman–Crippen LogP) is -3.30. The van der Waals surface area contributed by atoms with Crippen LogP contribution < -0.4 is 24.8 Å². The van der Waals surface area contributed by atoms with Crippen LogP contribution in [0.25, 0.3) is 0 Å². The van der Waals surface area contributed by atoms with Crippen molar-refractivity contribution in [2.45, 2.75) is 27.7 Å². The van der Waals surface area contributed by atoms with E-state index in [1.54, 1.807) is 20.0 Å². The average Bonchev–Trinajstić information content (AvgIpc) is 2.22. The van der Waals surface area contributed by atoms with Gasteiger partial charge in [0.05, 0.1) is 0 Å². The molecule has 1 unspecified atom stereocenters. The van der Waals surface area contributed by atoms with E-state index in [-0.39, 0.29) is 24.8 Å². The van der Waals surface area contributed by atoms with Gasteiger partial charge in [-0.25, -0.2) is 5.57 Å². The van der Waals surface area contributed by atoms with Crippen molar-refractivity contribution in [2.24, 2.45) is 5.92 Å². The van der Waals surface area contributed by atoms with E-state index in [0.29, 0.717) is 5.92 Å². The molecule has 0 amide bonds. The van der Waals surface area contributed by atoms with Crippen molar-refractivity contribution in [3.05, 3.63) is 22.8 Å². The normalized spacial score (nSPS) is 19.2. The predicted molar refractivity (Wildman–Crippen MR) is 47.1 cm³/mol. The average molecular weight is 254 g/mol. The van der Waals surface area contributed by atoms with Crippen molar-refractivity contribution < 1.29 is 44.8 Å². The molecule has 0 N–H and O–H groups in total. The first-order valence-corrected chi connectivity index (χ1v) is 4.86. The van der Waals surface area contributed by atoms with Gasteiger partial charge in [-0.3, -0.25) is 6.08 Å². The Morgan fingerprint density at radius 2 is 1.54 bits per heavy atom. The van der Waals surface area contributed by atoms with E-state index < -0.39 is 0 Å². The third-order valence-electron chi connectivity index (χ3n) is 2.24. The maximum absolute atomic E-state index is 3.36. The van der Waals surface area contributed by atoms with Crippen LogP contribution in [0, 0.1) is 12.0 Å². The Morgan fingerprint density at radius 3 is 1.62 bits per heavy atom. The Hall–Kier alpha value is 0.644. The Balaban J connectivity index is -0.000000234. The summed E-state index contributed by atoms with van der Waals surface area (Å²) in [5.41, 5.74) is 4.25. The van der Waals surface area contributed by atoms with E-state index in [1.807, 2.05) is 0 Å². The monoisotopic (exact) mass is 253 g/mol. The van der Waals surface area contributed by atoms with Crippen molar-refractivity contribution >= 4 is 4.82 Å². The number of rotatable bonds is 0. The number of hydrogen-bond acceptors (Lipinski definition) is 0. The SMILES string of the molecule is CC1=[C-]C(C)C(C)=C1C.[CH2]=[Ti+2].[Cl-].[Cl-]. The van der Waals surface area contributed by atoms with Crippen molar-refractivity contribution in [3.8, 4) is 0 Å². The molecule has 0 aromatic carbocycles. The van der Waals surface area contributed by atoms with Gasteiger partial charge in [0.1, 0.15) is 0 Å². The van der Waals surface area contributed by atoms with Crippen LogP contribution in [-0.2, 0) is 20.0 Å². The van der Waals surface area contributed by atoms with Crippen LogP contribution in [0.4, 0.5) is 0 Å². The number of halogens is 2. The summed E-state index contributed by atoms with van der Waals surface area (Å²) in [6.45, 7) is 8.67. The summed E-state index contributed by atoms with van der Waals surface area (Å²) in [4.78, 5) is 3.25. The van der Waals surface area contributed by atoms with E-state index in [0.717, 1.165) is 0 Å². The minimum Gasteiger partial charge on any atom is -1.00 e. The third kappa shape index (κ3) is 5.17. The van der Waals surface area contributed by atoms with Gasteiger partial charge in [0, 0.05) is 0 Å². The zero-order chi connectivity index (χ0) is 9.02. The summed E-state index contributed by atoms with van der Waals surface area (Å²) in [6.07, 6.45) is 3.36. The van der Waals surface area contributed by atoms with Gasteiger partial charge in [-0.05, 0) is 0 Å². The molecule has 1 aliphatic rings. The van der Waals surface area contributed by atoms with Crippen LogP contribution in [0.5, 0.6) is 0 Å². The maximum atomic E-state index is 3.36. The Bertz CT molecular complexity index is 207. The summed E-state index contributed by atoms with van der Waals surface area (Å²) in [5.74, 6) is 0.560. The van der Waals surface area contributed by atoms with Crippen molar-refractivity contribution in [2.75, 3.05) is 0 Å². The first kappa shape index (κ1) is 19.3. The quantitative estimate of drug-likeness (QED) is 0.314. The standard InChI is InChI=1S/C9H13.CH2.2ClH.Ti/c1-6-5-7(2)9(4)8(6)3;;;;/h6H,1-4H3;1H2;2*1H;/q-1;;;;+2/p-2. The van der Waals surface area contributed by atoms with Gasteiger partial charge in [-0.15, -0.1) is 6.92 Å². The summed E-state index contributed by atoms with van der Waals surface area (Å²) in [7, 11) is 0. The van der Waals surface area contributed by atoms with Crippen LogP contribution in [0.1, 0.15) is 27.7 Å². The smallest absolute Gasteiger partial charge is 1.00 e. The van der Waals surface area contributed by atoms with Gasteiger partial charge >= 0.3 is 24.8 Å². The Labute approximate surface area is 106 Å². The molecule has 1 aliphatic carbocycles. The molecule has 0 spiro atoms. The van der Waals surface area contributed by atoms with E-state index >= 15 is 0 Å². The van der Waals surface area contributed by atoms with Crippen molar-refractivity contribution in [1.82, 2.24) is 0 Å². The Kier molecular flexibility index (Phi) is 13.6. The van der Waals surface area contributed by atoms with Gasteiger partial charge in [-0.2, -0.15) is 11.1 Å². The number of hydrogen-bond donors (Lipinski definition) is 0. The molecule has 74 valence electrons. The molecule has 0 aliphatic heterocycles. The molecular weight excluding hydrogens is 239 g/mol. The fraction of sp³-hybridized carbons (Fsp3) is 0.500.